The lowest BCUT2D eigenvalue weighted by Crippen LogP contribution is -2.31. The van der Waals surface area contributed by atoms with Crippen LogP contribution in [0.2, 0.25) is 0 Å². The first-order chi connectivity index (χ1) is 6.47. The first kappa shape index (κ1) is 11.9. The van der Waals surface area contributed by atoms with Gasteiger partial charge in [-0.3, -0.25) is 0 Å². The van der Waals surface area contributed by atoms with Gasteiger partial charge in [-0.1, -0.05) is 6.92 Å². The fraction of sp³-hybridized carbons (Fsp3) is 1.00. The molecule has 1 rings (SSSR count). The normalized spacial score (nSPS) is 26.9. The van der Waals surface area contributed by atoms with Crippen LogP contribution in [0.15, 0.2) is 0 Å². The third-order valence-corrected chi connectivity index (χ3v) is 4.71. The molecule has 2 unspecified atom stereocenters. The minimum Gasteiger partial charge on any atom is -0.396 e. The number of aliphatic hydroxyl groups is 1. The minimum atomic E-state index is -3.13. The summed E-state index contributed by atoms with van der Waals surface area (Å²) in [5, 5.41) is 8.56. The predicted octanol–water partition coefficient (Wildman–Crippen LogP) is 0.286. The highest BCUT2D eigenvalue weighted by atomic mass is 32.2. The van der Waals surface area contributed by atoms with Crippen molar-refractivity contribution in [2.75, 3.05) is 26.0 Å². The standard InChI is InChI=1S/C9H19NO3S/c1-8-6-9(8)7-10(2)14(12,13)5-3-4-11/h8-9,11H,3-7H2,1-2H3. The van der Waals surface area contributed by atoms with Crippen LogP contribution in [0.5, 0.6) is 0 Å². The van der Waals surface area contributed by atoms with E-state index in [1.807, 2.05) is 0 Å². The van der Waals surface area contributed by atoms with Crippen LogP contribution in [0.25, 0.3) is 0 Å². The molecule has 0 saturated heterocycles. The fourth-order valence-corrected chi connectivity index (χ4v) is 2.72. The smallest absolute Gasteiger partial charge is 0.213 e. The van der Waals surface area contributed by atoms with Crippen LogP contribution in [0.1, 0.15) is 19.8 Å². The van der Waals surface area contributed by atoms with Crippen LogP contribution >= 0.6 is 0 Å². The molecule has 4 nitrogen and oxygen atoms in total. The molecule has 1 fully saturated rings. The van der Waals surface area contributed by atoms with Gasteiger partial charge in [0.2, 0.25) is 10.0 Å². The van der Waals surface area contributed by atoms with E-state index < -0.39 is 10.0 Å². The third kappa shape index (κ3) is 3.22. The lowest BCUT2D eigenvalue weighted by atomic mass is 10.3. The summed E-state index contributed by atoms with van der Waals surface area (Å²) in [5.41, 5.74) is 0. The number of nitrogens with zero attached hydrogens (tertiary/aromatic N) is 1. The summed E-state index contributed by atoms with van der Waals surface area (Å²) in [6.45, 7) is 2.71. The monoisotopic (exact) mass is 221 g/mol. The predicted molar refractivity (Wildman–Crippen MR) is 55.4 cm³/mol. The Kier molecular flexibility index (Phi) is 3.92. The molecular weight excluding hydrogens is 202 g/mol. The second-order valence-corrected chi connectivity index (χ2v) is 6.34. The average Bonchev–Trinajstić information content (AvgIpc) is 2.78. The molecular formula is C9H19NO3S. The van der Waals surface area contributed by atoms with Crippen LogP contribution in [0.4, 0.5) is 0 Å². The van der Waals surface area contributed by atoms with E-state index in [9.17, 15) is 8.42 Å². The van der Waals surface area contributed by atoms with Crippen LogP contribution in [-0.2, 0) is 10.0 Å². The van der Waals surface area contributed by atoms with Crippen LogP contribution in [0.3, 0.4) is 0 Å². The Morgan fingerprint density at radius 1 is 1.50 bits per heavy atom. The first-order valence-corrected chi connectivity index (χ1v) is 6.63. The highest BCUT2D eigenvalue weighted by Crippen LogP contribution is 2.38. The Balaban J connectivity index is 2.37. The fourth-order valence-electron chi connectivity index (χ4n) is 1.50. The van der Waals surface area contributed by atoms with E-state index in [1.165, 1.54) is 4.31 Å². The molecule has 0 bridgehead atoms. The van der Waals surface area contributed by atoms with Gasteiger partial charge < -0.3 is 5.11 Å². The van der Waals surface area contributed by atoms with Gasteiger partial charge in [0.05, 0.1) is 5.75 Å². The summed E-state index contributed by atoms with van der Waals surface area (Å²) in [6, 6.07) is 0. The number of hydrogen-bond acceptors (Lipinski definition) is 3. The molecule has 0 amide bonds. The first-order valence-electron chi connectivity index (χ1n) is 5.02. The molecule has 1 saturated carbocycles. The summed E-state index contributed by atoms with van der Waals surface area (Å²) in [5.74, 6) is 1.27. The quantitative estimate of drug-likeness (QED) is 0.701. The van der Waals surface area contributed by atoms with Gasteiger partial charge in [-0.05, 0) is 24.7 Å². The van der Waals surface area contributed by atoms with E-state index in [4.69, 9.17) is 5.11 Å². The number of sulfonamides is 1. The van der Waals surface area contributed by atoms with Gasteiger partial charge >= 0.3 is 0 Å². The van der Waals surface area contributed by atoms with Crippen molar-refractivity contribution in [3.05, 3.63) is 0 Å². The van der Waals surface area contributed by atoms with Crippen LogP contribution < -0.4 is 0 Å². The third-order valence-electron chi connectivity index (χ3n) is 2.80. The second kappa shape index (κ2) is 4.59. The maximum atomic E-state index is 11.6. The summed E-state index contributed by atoms with van der Waals surface area (Å²) < 4.78 is 24.6. The highest BCUT2D eigenvalue weighted by molar-refractivity contribution is 7.89. The van der Waals surface area contributed by atoms with Crippen molar-refractivity contribution >= 4 is 10.0 Å². The van der Waals surface area contributed by atoms with E-state index in [2.05, 4.69) is 6.92 Å². The summed E-state index contributed by atoms with van der Waals surface area (Å²) in [4.78, 5) is 0. The van der Waals surface area contributed by atoms with Crippen molar-refractivity contribution in [1.82, 2.24) is 4.31 Å². The largest absolute Gasteiger partial charge is 0.396 e. The Morgan fingerprint density at radius 2 is 2.07 bits per heavy atom. The number of rotatable bonds is 6. The minimum absolute atomic E-state index is 0.0566. The van der Waals surface area contributed by atoms with Crippen molar-refractivity contribution in [3.63, 3.8) is 0 Å². The van der Waals surface area contributed by atoms with E-state index >= 15 is 0 Å². The Hall–Kier alpha value is -0.130. The summed E-state index contributed by atoms with van der Waals surface area (Å²) in [7, 11) is -1.50. The van der Waals surface area contributed by atoms with E-state index in [-0.39, 0.29) is 12.4 Å². The molecule has 0 aliphatic heterocycles. The van der Waals surface area contributed by atoms with Gasteiger partial charge in [-0.2, -0.15) is 0 Å². The number of aliphatic hydroxyl groups excluding tert-OH is 1. The van der Waals surface area contributed by atoms with Crippen molar-refractivity contribution in [2.45, 2.75) is 19.8 Å². The Morgan fingerprint density at radius 3 is 2.50 bits per heavy atom. The highest BCUT2D eigenvalue weighted by Gasteiger charge is 2.35. The molecule has 1 aliphatic carbocycles. The molecule has 2 atom stereocenters. The number of hydrogen-bond donors (Lipinski definition) is 1. The van der Waals surface area contributed by atoms with Gasteiger partial charge in [0, 0.05) is 20.2 Å². The van der Waals surface area contributed by atoms with Crippen LogP contribution in [-0.4, -0.2) is 43.8 Å². The van der Waals surface area contributed by atoms with Crippen molar-refractivity contribution < 1.29 is 13.5 Å². The van der Waals surface area contributed by atoms with E-state index in [1.54, 1.807) is 7.05 Å². The molecule has 0 aromatic rings. The lowest BCUT2D eigenvalue weighted by Gasteiger charge is -2.16. The molecule has 14 heavy (non-hydrogen) atoms. The molecule has 5 heteroatoms. The average molecular weight is 221 g/mol. The maximum absolute atomic E-state index is 11.6. The Bertz CT molecular complexity index is 276. The van der Waals surface area contributed by atoms with Crippen molar-refractivity contribution in [3.8, 4) is 0 Å². The molecule has 0 aromatic heterocycles. The van der Waals surface area contributed by atoms with Crippen LogP contribution in [0, 0.1) is 11.8 Å². The Labute approximate surface area is 86.0 Å². The van der Waals surface area contributed by atoms with Crippen molar-refractivity contribution in [1.29, 1.82) is 0 Å². The van der Waals surface area contributed by atoms with Gasteiger partial charge in [0.25, 0.3) is 0 Å². The van der Waals surface area contributed by atoms with Gasteiger partial charge in [0.15, 0.2) is 0 Å². The zero-order chi connectivity index (χ0) is 10.8. The molecule has 1 aliphatic rings. The molecule has 1 N–H and O–H groups in total. The summed E-state index contributed by atoms with van der Waals surface area (Å²) in [6.07, 6.45) is 1.47. The second-order valence-electron chi connectivity index (χ2n) is 4.15. The molecule has 0 radical (unpaired) electrons. The molecule has 0 spiro atoms. The molecule has 0 heterocycles. The molecule has 0 aromatic carbocycles. The molecule has 84 valence electrons. The van der Waals surface area contributed by atoms with E-state index in [0.29, 0.717) is 24.8 Å². The SMILES string of the molecule is CC1CC1CN(C)S(=O)(=O)CCCO. The van der Waals surface area contributed by atoms with Gasteiger partial charge in [-0.15, -0.1) is 0 Å². The van der Waals surface area contributed by atoms with Gasteiger partial charge in [-0.25, -0.2) is 12.7 Å². The zero-order valence-electron chi connectivity index (χ0n) is 8.81. The van der Waals surface area contributed by atoms with Gasteiger partial charge in [0.1, 0.15) is 0 Å². The topological polar surface area (TPSA) is 57.6 Å². The maximum Gasteiger partial charge on any atom is 0.213 e. The van der Waals surface area contributed by atoms with Crippen molar-refractivity contribution in [2.24, 2.45) is 11.8 Å². The summed E-state index contributed by atoms with van der Waals surface area (Å²) >= 11 is 0. The zero-order valence-corrected chi connectivity index (χ0v) is 9.63. The lowest BCUT2D eigenvalue weighted by molar-refractivity contribution is 0.294. The van der Waals surface area contributed by atoms with E-state index in [0.717, 1.165) is 6.42 Å².